The average Bonchev–Trinajstić information content (AvgIpc) is 2.41. The number of aromatic nitrogens is 2. The van der Waals surface area contributed by atoms with E-state index in [1.54, 1.807) is 0 Å². The normalized spacial score (nSPS) is 10.7. The molecule has 0 radical (unpaired) electrons. The minimum Gasteiger partial charge on any atom is -0.493 e. The number of rotatable bonds is 4. The van der Waals surface area contributed by atoms with Gasteiger partial charge in [0.1, 0.15) is 5.75 Å². The third-order valence-corrected chi connectivity index (χ3v) is 2.74. The minimum absolute atomic E-state index is 0.0851. The van der Waals surface area contributed by atoms with Gasteiger partial charge in [0.05, 0.1) is 19.0 Å². The van der Waals surface area contributed by atoms with Crippen molar-refractivity contribution in [1.82, 2.24) is 9.78 Å². The molecule has 0 aliphatic carbocycles. The van der Waals surface area contributed by atoms with Gasteiger partial charge in [0.25, 0.3) is 5.56 Å². The van der Waals surface area contributed by atoms with Gasteiger partial charge in [0, 0.05) is 6.07 Å². The van der Waals surface area contributed by atoms with Crippen molar-refractivity contribution in [2.75, 3.05) is 7.11 Å². The average molecular weight is 303 g/mol. The van der Waals surface area contributed by atoms with Crippen molar-refractivity contribution in [1.29, 1.82) is 0 Å². The summed E-state index contributed by atoms with van der Waals surface area (Å²) in [5, 5.41) is 3.70. The topological polar surface area (TPSA) is 53.4 Å². The van der Waals surface area contributed by atoms with Crippen LogP contribution in [0.5, 0.6) is 11.5 Å². The van der Waals surface area contributed by atoms with E-state index in [0.717, 1.165) is 4.68 Å². The van der Waals surface area contributed by atoms with Crippen molar-refractivity contribution in [2.24, 2.45) is 0 Å². The Bertz CT molecular complexity index is 676. The van der Waals surface area contributed by atoms with Gasteiger partial charge in [0.2, 0.25) is 0 Å². The molecule has 0 amide bonds. The standard InChI is InChI=1S/C12H9ClF2N2O3/c1-19-9-6-16-17(11(18)10(9)13)7-3-2-4-8(5-7)20-12(14)15/h2-6,12H,1H3. The third-order valence-electron chi connectivity index (χ3n) is 2.39. The number of hydrogen-bond donors (Lipinski definition) is 0. The number of nitrogens with zero attached hydrogens (tertiary/aromatic N) is 2. The zero-order chi connectivity index (χ0) is 14.7. The molecule has 8 heteroatoms. The van der Waals surface area contributed by atoms with Gasteiger partial charge in [-0.1, -0.05) is 17.7 Å². The van der Waals surface area contributed by atoms with E-state index in [-0.39, 0.29) is 22.2 Å². The molecular formula is C12H9ClF2N2O3. The first-order valence-electron chi connectivity index (χ1n) is 5.40. The van der Waals surface area contributed by atoms with E-state index in [1.165, 1.54) is 37.6 Å². The van der Waals surface area contributed by atoms with E-state index in [0.29, 0.717) is 0 Å². The van der Waals surface area contributed by atoms with Crippen LogP contribution in [0.1, 0.15) is 0 Å². The Morgan fingerprint density at radius 3 is 2.80 bits per heavy atom. The molecular weight excluding hydrogens is 294 g/mol. The van der Waals surface area contributed by atoms with Crippen LogP contribution in [0.25, 0.3) is 5.69 Å². The minimum atomic E-state index is -2.95. The summed E-state index contributed by atoms with van der Waals surface area (Å²) in [7, 11) is 1.35. The summed E-state index contributed by atoms with van der Waals surface area (Å²) in [5.74, 6) is 0.0473. The van der Waals surface area contributed by atoms with Crippen LogP contribution in [-0.4, -0.2) is 23.5 Å². The van der Waals surface area contributed by atoms with Crippen molar-refractivity contribution < 1.29 is 18.3 Å². The summed E-state index contributed by atoms with van der Waals surface area (Å²) in [5.41, 5.74) is -0.377. The fraction of sp³-hybridized carbons (Fsp3) is 0.167. The van der Waals surface area contributed by atoms with Crippen molar-refractivity contribution in [3.63, 3.8) is 0 Å². The fourth-order valence-corrected chi connectivity index (χ4v) is 1.74. The molecule has 0 bridgehead atoms. The first kappa shape index (κ1) is 14.3. The molecule has 0 saturated carbocycles. The lowest BCUT2D eigenvalue weighted by atomic mass is 10.3. The van der Waals surface area contributed by atoms with E-state index in [9.17, 15) is 13.6 Å². The van der Waals surface area contributed by atoms with E-state index < -0.39 is 12.2 Å². The predicted octanol–water partition coefficient (Wildman–Crippen LogP) is 2.50. The number of ether oxygens (including phenoxy) is 2. The molecule has 1 heterocycles. The van der Waals surface area contributed by atoms with Crippen LogP contribution in [0.2, 0.25) is 5.02 Å². The lowest BCUT2D eigenvalue weighted by molar-refractivity contribution is -0.0498. The Kier molecular flexibility index (Phi) is 4.19. The van der Waals surface area contributed by atoms with Gasteiger partial charge < -0.3 is 9.47 Å². The lowest BCUT2D eigenvalue weighted by Gasteiger charge is -2.09. The number of benzene rings is 1. The molecule has 0 atom stereocenters. The third kappa shape index (κ3) is 2.88. The Labute approximate surface area is 117 Å². The largest absolute Gasteiger partial charge is 0.493 e. The van der Waals surface area contributed by atoms with Crippen LogP contribution in [0, 0.1) is 0 Å². The molecule has 20 heavy (non-hydrogen) atoms. The van der Waals surface area contributed by atoms with Crippen molar-refractivity contribution >= 4 is 11.6 Å². The maximum Gasteiger partial charge on any atom is 0.387 e. The predicted molar refractivity (Wildman–Crippen MR) is 68.0 cm³/mol. The summed E-state index contributed by atoms with van der Waals surface area (Å²) < 4.78 is 34.4. The smallest absolute Gasteiger partial charge is 0.387 e. The van der Waals surface area contributed by atoms with Crippen molar-refractivity contribution in [3.05, 3.63) is 45.8 Å². The molecule has 2 rings (SSSR count). The number of methoxy groups -OCH3 is 1. The van der Waals surface area contributed by atoms with Crippen LogP contribution in [-0.2, 0) is 0 Å². The second-order valence-electron chi connectivity index (χ2n) is 3.62. The van der Waals surface area contributed by atoms with Gasteiger partial charge >= 0.3 is 6.61 Å². The SMILES string of the molecule is COc1cnn(-c2cccc(OC(F)F)c2)c(=O)c1Cl. The Balaban J connectivity index is 2.47. The molecule has 0 saturated heterocycles. The van der Waals surface area contributed by atoms with Gasteiger partial charge in [-0.15, -0.1) is 0 Å². The molecule has 0 N–H and O–H groups in total. The molecule has 0 aliphatic rings. The van der Waals surface area contributed by atoms with Crippen molar-refractivity contribution in [2.45, 2.75) is 6.61 Å². The highest BCUT2D eigenvalue weighted by molar-refractivity contribution is 6.31. The Hall–Kier alpha value is -2.15. The summed E-state index contributed by atoms with van der Waals surface area (Å²) >= 11 is 5.82. The van der Waals surface area contributed by atoms with Gasteiger partial charge in [0.15, 0.2) is 10.8 Å². The molecule has 1 aromatic carbocycles. The second kappa shape index (κ2) is 5.87. The summed E-state index contributed by atoms with van der Waals surface area (Å²) in [6.07, 6.45) is 1.25. The summed E-state index contributed by atoms with van der Waals surface area (Å²) in [4.78, 5) is 12.0. The molecule has 0 aliphatic heterocycles. The molecule has 0 spiro atoms. The summed E-state index contributed by atoms with van der Waals surface area (Å²) in [6, 6.07) is 5.56. The van der Waals surface area contributed by atoms with Gasteiger partial charge in [-0.25, -0.2) is 0 Å². The molecule has 0 unspecified atom stereocenters. The maximum absolute atomic E-state index is 12.2. The number of halogens is 3. The lowest BCUT2D eigenvalue weighted by Crippen LogP contribution is -2.21. The molecule has 2 aromatic rings. The van der Waals surface area contributed by atoms with Crippen LogP contribution in [0.15, 0.2) is 35.3 Å². The monoisotopic (exact) mass is 302 g/mol. The Morgan fingerprint density at radius 1 is 1.40 bits per heavy atom. The quantitative estimate of drug-likeness (QED) is 0.871. The van der Waals surface area contributed by atoms with Gasteiger partial charge in [-0.05, 0) is 12.1 Å². The molecule has 1 aromatic heterocycles. The highest BCUT2D eigenvalue weighted by atomic mass is 35.5. The fourth-order valence-electron chi connectivity index (χ4n) is 1.54. The first-order chi connectivity index (χ1) is 9.52. The van der Waals surface area contributed by atoms with Crippen LogP contribution >= 0.6 is 11.6 Å². The first-order valence-corrected chi connectivity index (χ1v) is 5.78. The van der Waals surface area contributed by atoms with E-state index in [4.69, 9.17) is 16.3 Å². The number of hydrogen-bond acceptors (Lipinski definition) is 4. The van der Waals surface area contributed by atoms with E-state index in [1.807, 2.05) is 0 Å². The van der Waals surface area contributed by atoms with Crippen LogP contribution in [0.4, 0.5) is 8.78 Å². The molecule has 106 valence electrons. The van der Waals surface area contributed by atoms with E-state index in [2.05, 4.69) is 9.84 Å². The van der Waals surface area contributed by atoms with E-state index >= 15 is 0 Å². The Morgan fingerprint density at radius 2 is 2.15 bits per heavy atom. The van der Waals surface area contributed by atoms with Crippen LogP contribution in [0.3, 0.4) is 0 Å². The van der Waals surface area contributed by atoms with Crippen molar-refractivity contribution in [3.8, 4) is 17.2 Å². The van der Waals surface area contributed by atoms with Crippen LogP contribution < -0.4 is 15.0 Å². The zero-order valence-electron chi connectivity index (χ0n) is 10.2. The highest BCUT2D eigenvalue weighted by Crippen LogP contribution is 2.21. The zero-order valence-corrected chi connectivity index (χ0v) is 11.0. The highest BCUT2D eigenvalue weighted by Gasteiger charge is 2.12. The molecule has 0 fully saturated rings. The van der Waals surface area contributed by atoms with Gasteiger partial charge in [-0.2, -0.15) is 18.6 Å². The number of alkyl halides is 2. The maximum atomic E-state index is 12.2. The van der Waals surface area contributed by atoms with Gasteiger partial charge in [-0.3, -0.25) is 4.79 Å². The second-order valence-corrected chi connectivity index (χ2v) is 4.00. The molecule has 5 nitrogen and oxygen atoms in total. The summed E-state index contributed by atoms with van der Waals surface area (Å²) in [6.45, 7) is -2.95.